The van der Waals surface area contributed by atoms with Gasteiger partial charge >= 0.3 is 5.69 Å². The van der Waals surface area contributed by atoms with Crippen LogP contribution in [-0.4, -0.2) is 14.9 Å². The Morgan fingerprint density at radius 2 is 2.19 bits per heavy atom. The molecule has 0 radical (unpaired) electrons. The van der Waals surface area contributed by atoms with Crippen LogP contribution < -0.4 is 10.5 Å². The van der Waals surface area contributed by atoms with Gasteiger partial charge in [0.25, 0.3) is 0 Å². The maximum Gasteiger partial charge on any atom is 0.313 e. The zero-order chi connectivity index (χ0) is 15.4. The van der Waals surface area contributed by atoms with Crippen LogP contribution in [0.25, 0.3) is 0 Å². The number of nitro benzene ring substituents is 1. The van der Waals surface area contributed by atoms with Gasteiger partial charge in [-0.1, -0.05) is 24.6 Å². The number of aryl methyl sites for hydroxylation is 1. The van der Waals surface area contributed by atoms with Crippen molar-refractivity contribution in [3.63, 3.8) is 0 Å². The van der Waals surface area contributed by atoms with E-state index in [1.807, 2.05) is 6.92 Å². The summed E-state index contributed by atoms with van der Waals surface area (Å²) >= 11 is 5.96. The molecule has 2 N–H and O–H groups in total. The van der Waals surface area contributed by atoms with Gasteiger partial charge < -0.3 is 10.5 Å². The molecule has 1 aromatic carbocycles. The molecule has 0 unspecified atom stereocenters. The molecule has 0 fully saturated rings. The summed E-state index contributed by atoms with van der Waals surface area (Å²) in [6.45, 7) is 1.98. The summed E-state index contributed by atoms with van der Waals surface area (Å²) in [5.74, 6) is 0.812. The minimum absolute atomic E-state index is 0.0651. The van der Waals surface area contributed by atoms with Crippen molar-refractivity contribution < 1.29 is 9.66 Å². The monoisotopic (exact) mass is 308 g/mol. The molecule has 0 amide bonds. The van der Waals surface area contributed by atoms with Crippen molar-refractivity contribution in [1.82, 2.24) is 9.97 Å². The van der Waals surface area contributed by atoms with Crippen molar-refractivity contribution >= 4 is 23.1 Å². The van der Waals surface area contributed by atoms with Gasteiger partial charge in [-0.3, -0.25) is 10.1 Å². The fraction of sp³-hybridized carbons (Fsp3) is 0.231. The van der Waals surface area contributed by atoms with E-state index < -0.39 is 4.92 Å². The molecule has 8 heteroatoms. The molecule has 0 saturated heterocycles. The van der Waals surface area contributed by atoms with Gasteiger partial charge in [-0.05, 0) is 12.5 Å². The second-order valence-electron chi connectivity index (χ2n) is 4.24. The lowest BCUT2D eigenvalue weighted by molar-refractivity contribution is -0.385. The quantitative estimate of drug-likeness (QED) is 0.670. The summed E-state index contributed by atoms with van der Waals surface area (Å²) in [5, 5.41) is 11.1. The Kier molecular flexibility index (Phi) is 4.54. The molecule has 0 saturated carbocycles. The number of para-hydroxylation sites is 1. The van der Waals surface area contributed by atoms with E-state index in [4.69, 9.17) is 22.1 Å². The zero-order valence-corrected chi connectivity index (χ0v) is 12.0. The fourth-order valence-electron chi connectivity index (χ4n) is 1.73. The molecule has 0 spiro atoms. The number of rotatable bonds is 5. The number of nitrogen functional groups attached to an aromatic ring is 1. The number of nitrogens with zero attached hydrogens (tertiary/aromatic N) is 3. The molecule has 1 aromatic heterocycles. The predicted octanol–water partition coefficient (Wildman–Crippen LogP) is 3.37. The maximum absolute atomic E-state index is 11.0. The number of nitro groups is 1. The van der Waals surface area contributed by atoms with Crippen LogP contribution >= 0.6 is 11.6 Å². The summed E-state index contributed by atoms with van der Waals surface area (Å²) in [4.78, 5) is 18.7. The molecular formula is C13H13ClN4O3. The molecule has 2 aromatic rings. The van der Waals surface area contributed by atoms with E-state index in [9.17, 15) is 10.1 Å². The van der Waals surface area contributed by atoms with Crippen molar-refractivity contribution in [1.29, 1.82) is 0 Å². The second-order valence-corrected chi connectivity index (χ2v) is 4.65. The molecule has 110 valence electrons. The number of ether oxygens (including phenoxy) is 1. The third kappa shape index (κ3) is 3.57. The first-order valence-electron chi connectivity index (χ1n) is 6.25. The summed E-state index contributed by atoms with van der Waals surface area (Å²) in [6.07, 6.45) is 1.47. The Morgan fingerprint density at radius 3 is 2.86 bits per heavy atom. The topological polar surface area (TPSA) is 104 Å². The number of anilines is 1. The normalized spacial score (nSPS) is 10.4. The summed E-state index contributed by atoms with van der Waals surface area (Å²) in [7, 11) is 0. The highest BCUT2D eigenvalue weighted by Crippen LogP contribution is 2.37. The van der Waals surface area contributed by atoms with Gasteiger partial charge in [-0.2, -0.15) is 4.98 Å². The van der Waals surface area contributed by atoms with Crippen LogP contribution in [0.3, 0.4) is 0 Å². The van der Waals surface area contributed by atoms with Gasteiger partial charge in [0.2, 0.25) is 11.6 Å². The maximum atomic E-state index is 11.0. The van der Waals surface area contributed by atoms with Gasteiger partial charge in [-0.25, -0.2) is 4.98 Å². The highest BCUT2D eigenvalue weighted by molar-refractivity contribution is 6.32. The van der Waals surface area contributed by atoms with Crippen LogP contribution in [0.2, 0.25) is 5.02 Å². The number of halogens is 1. The molecule has 7 nitrogen and oxygen atoms in total. The standard InChI is InChI=1S/C13H13ClN4O3/c1-2-4-11-16-10(15)7-12(17-11)21-13-8(14)5-3-6-9(13)18(19)20/h3,5-7H,2,4H2,1H3,(H2,15,16,17). The molecule has 21 heavy (non-hydrogen) atoms. The highest BCUT2D eigenvalue weighted by Gasteiger charge is 2.20. The van der Waals surface area contributed by atoms with E-state index in [1.165, 1.54) is 24.3 Å². The molecule has 0 atom stereocenters. The zero-order valence-electron chi connectivity index (χ0n) is 11.2. The first-order chi connectivity index (χ1) is 10.0. The average molecular weight is 309 g/mol. The number of aromatic nitrogens is 2. The Hall–Kier alpha value is -2.41. The van der Waals surface area contributed by atoms with Crippen molar-refractivity contribution in [2.75, 3.05) is 5.73 Å². The third-order valence-corrected chi connectivity index (χ3v) is 2.89. The van der Waals surface area contributed by atoms with E-state index in [0.29, 0.717) is 12.2 Å². The SMILES string of the molecule is CCCc1nc(N)cc(Oc2c(Cl)cccc2[N+](=O)[O-])n1. The molecule has 0 aliphatic rings. The van der Waals surface area contributed by atoms with Crippen molar-refractivity contribution in [2.45, 2.75) is 19.8 Å². The van der Waals surface area contributed by atoms with E-state index in [0.717, 1.165) is 6.42 Å². The molecule has 0 aliphatic heterocycles. The van der Waals surface area contributed by atoms with Crippen molar-refractivity contribution in [3.05, 3.63) is 45.2 Å². The number of nitrogens with two attached hydrogens (primary N) is 1. The fourth-order valence-corrected chi connectivity index (χ4v) is 1.93. The predicted molar refractivity (Wildman–Crippen MR) is 78.6 cm³/mol. The van der Waals surface area contributed by atoms with Crippen molar-refractivity contribution in [3.8, 4) is 11.6 Å². The molecule has 2 rings (SSSR count). The lowest BCUT2D eigenvalue weighted by Crippen LogP contribution is -2.02. The minimum atomic E-state index is -0.571. The Bertz CT molecular complexity index is 678. The molecule has 0 aliphatic carbocycles. The van der Waals surface area contributed by atoms with Gasteiger partial charge in [-0.15, -0.1) is 0 Å². The smallest absolute Gasteiger partial charge is 0.313 e. The second kappa shape index (κ2) is 6.36. The van der Waals surface area contributed by atoms with Crippen LogP contribution in [0.5, 0.6) is 11.6 Å². The van der Waals surface area contributed by atoms with Crippen LogP contribution in [0.15, 0.2) is 24.3 Å². The van der Waals surface area contributed by atoms with Crippen LogP contribution in [-0.2, 0) is 6.42 Å². The Labute approximate surface area is 125 Å². The molecule has 0 bridgehead atoms. The summed E-state index contributed by atoms with van der Waals surface area (Å²) in [5.41, 5.74) is 5.44. The number of hydrogen-bond acceptors (Lipinski definition) is 6. The van der Waals surface area contributed by atoms with E-state index in [2.05, 4.69) is 9.97 Å². The Balaban J connectivity index is 2.40. The average Bonchev–Trinajstić information content (AvgIpc) is 2.40. The third-order valence-electron chi connectivity index (χ3n) is 2.59. The minimum Gasteiger partial charge on any atom is -0.430 e. The number of hydrogen-bond donors (Lipinski definition) is 1. The van der Waals surface area contributed by atoms with E-state index in [-0.39, 0.29) is 28.2 Å². The highest BCUT2D eigenvalue weighted by atomic mass is 35.5. The van der Waals surface area contributed by atoms with Crippen LogP contribution in [0, 0.1) is 10.1 Å². The summed E-state index contributed by atoms with van der Waals surface area (Å²) in [6, 6.07) is 5.68. The van der Waals surface area contributed by atoms with Crippen molar-refractivity contribution in [2.24, 2.45) is 0 Å². The lowest BCUT2D eigenvalue weighted by atomic mass is 10.3. The van der Waals surface area contributed by atoms with E-state index >= 15 is 0 Å². The Morgan fingerprint density at radius 1 is 1.43 bits per heavy atom. The summed E-state index contributed by atoms with van der Waals surface area (Å²) < 4.78 is 5.46. The first kappa shape index (κ1) is 15.0. The van der Waals surface area contributed by atoms with Crippen LogP contribution in [0.1, 0.15) is 19.2 Å². The van der Waals surface area contributed by atoms with Crippen LogP contribution in [0.4, 0.5) is 11.5 Å². The number of benzene rings is 1. The lowest BCUT2D eigenvalue weighted by Gasteiger charge is -2.08. The molecule has 1 heterocycles. The largest absolute Gasteiger partial charge is 0.430 e. The molecular weight excluding hydrogens is 296 g/mol. The van der Waals surface area contributed by atoms with Gasteiger partial charge in [0.15, 0.2) is 0 Å². The van der Waals surface area contributed by atoms with Gasteiger partial charge in [0.05, 0.1) is 9.95 Å². The van der Waals surface area contributed by atoms with Gasteiger partial charge in [0.1, 0.15) is 11.6 Å². The van der Waals surface area contributed by atoms with E-state index in [1.54, 1.807) is 0 Å². The first-order valence-corrected chi connectivity index (χ1v) is 6.63. The van der Waals surface area contributed by atoms with Gasteiger partial charge in [0, 0.05) is 18.6 Å².